The SMILES string of the molecule is CNC(=O)NC1CCN(C(C)c2ccccc2OC)C1. The number of rotatable bonds is 4. The molecule has 2 rings (SSSR count). The molecule has 0 aromatic heterocycles. The van der Waals surface area contributed by atoms with Crippen LogP contribution >= 0.6 is 0 Å². The van der Waals surface area contributed by atoms with Gasteiger partial charge in [-0.3, -0.25) is 4.90 Å². The minimum atomic E-state index is -0.109. The number of benzene rings is 1. The molecule has 1 aromatic rings. The van der Waals surface area contributed by atoms with Gasteiger partial charge in [0.2, 0.25) is 0 Å². The second-order valence-corrected chi connectivity index (χ2v) is 5.12. The van der Waals surface area contributed by atoms with E-state index in [1.165, 1.54) is 5.56 Å². The molecule has 20 heavy (non-hydrogen) atoms. The van der Waals surface area contributed by atoms with Crippen LogP contribution in [0.5, 0.6) is 5.75 Å². The molecule has 110 valence electrons. The van der Waals surface area contributed by atoms with Gasteiger partial charge in [-0.2, -0.15) is 0 Å². The molecule has 1 saturated heterocycles. The maximum absolute atomic E-state index is 11.4. The monoisotopic (exact) mass is 277 g/mol. The Balaban J connectivity index is 2.00. The standard InChI is InChI=1S/C15H23N3O2/c1-11(13-6-4-5-7-14(13)20-3)18-9-8-12(10-18)17-15(19)16-2/h4-7,11-12H,8-10H2,1-3H3,(H2,16,17,19). The van der Waals surface area contributed by atoms with Crippen molar-refractivity contribution in [2.24, 2.45) is 0 Å². The fourth-order valence-corrected chi connectivity index (χ4v) is 2.72. The molecule has 1 aliphatic heterocycles. The second-order valence-electron chi connectivity index (χ2n) is 5.12. The zero-order valence-electron chi connectivity index (χ0n) is 12.3. The van der Waals surface area contributed by atoms with Crippen LogP contribution in [0.3, 0.4) is 0 Å². The van der Waals surface area contributed by atoms with Gasteiger partial charge < -0.3 is 15.4 Å². The average molecular weight is 277 g/mol. The Labute approximate surface area is 120 Å². The van der Waals surface area contributed by atoms with Gasteiger partial charge in [-0.25, -0.2) is 4.79 Å². The van der Waals surface area contributed by atoms with Gasteiger partial charge in [-0.15, -0.1) is 0 Å². The maximum atomic E-state index is 11.4. The number of hydrogen-bond acceptors (Lipinski definition) is 3. The van der Waals surface area contributed by atoms with Crippen molar-refractivity contribution in [1.82, 2.24) is 15.5 Å². The topological polar surface area (TPSA) is 53.6 Å². The lowest BCUT2D eigenvalue weighted by Crippen LogP contribution is -2.42. The van der Waals surface area contributed by atoms with E-state index in [1.54, 1.807) is 14.2 Å². The summed E-state index contributed by atoms with van der Waals surface area (Å²) in [5, 5.41) is 5.57. The van der Waals surface area contributed by atoms with Gasteiger partial charge in [0, 0.05) is 37.8 Å². The number of likely N-dealkylation sites (tertiary alicyclic amines) is 1. The zero-order valence-corrected chi connectivity index (χ0v) is 12.3. The van der Waals surface area contributed by atoms with E-state index in [2.05, 4.69) is 28.5 Å². The molecule has 1 aromatic carbocycles. The van der Waals surface area contributed by atoms with Crippen molar-refractivity contribution in [2.45, 2.75) is 25.4 Å². The molecule has 2 amide bonds. The lowest BCUT2D eigenvalue weighted by molar-refractivity contribution is 0.232. The molecule has 1 fully saturated rings. The summed E-state index contributed by atoms with van der Waals surface area (Å²) >= 11 is 0. The summed E-state index contributed by atoms with van der Waals surface area (Å²) in [6, 6.07) is 8.49. The molecule has 2 atom stereocenters. The molecule has 1 aliphatic rings. The first-order chi connectivity index (χ1) is 9.65. The summed E-state index contributed by atoms with van der Waals surface area (Å²) in [4.78, 5) is 13.7. The van der Waals surface area contributed by atoms with Gasteiger partial charge in [0.15, 0.2) is 0 Å². The van der Waals surface area contributed by atoms with E-state index < -0.39 is 0 Å². The Bertz CT molecular complexity index is 464. The maximum Gasteiger partial charge on any atom is 0.314 e. The predicted molar refractivity (Wildman–Crippen MR) is 79.0 cm³/mol. The van der Waals surface area contributed by atoms with Crippen LogP contribution in [-0.4, -0.2) is 44.2 Å². The Morgan fingerprint density at radius 3 is 2.90 bits per heavy atom. The third-order valence-electron chi connectivity index (χ3n) is 3.92. The molecule has 0 saturated carbocycles. The summed E-state index contributed by atoms with van der Waals surface area (Å²) in [5.41, 5.74) is 1.19. The molecule has 5 heteroatoms. The second kappa shape index (κ2) is 6.61. The largest absolute Gasteiger partial charge is 0.496 e. The minimum Gasteiger partial charge on any atom is -0.496 e. The van der Waals surface area contributed by atoms with E-state index in [9.17, 15) is 4.79 Å². The highest BCUT2D eigenvalue weighted by molar-refractivity contribution is 5.73. The summed E-state index contributed by atoms with van der Waals surface area (Å²) < 4.78 is 5.43. The van der Waals surface area contributed by atoms with Gasteiger partial charge >= 0.3 is 6.03 Å². The highest BCUT2D eigenvalue weighted by atomic mass is 16.5. The van der Waals surface area contributed by atoms with Crippen molar-refractivity contribution in [1.29, 1.82) is 0 Å². The van der Waals surface area contributed by atoms with Crippen LogP contribution in [0.1, 0.15) is 24.9 Å². The lowest BCUT2D eigenvalue weighted by atomic mass is 10.1. The number of hydrogen-bond donors (Lipinski definition) is 2. The average Bonchev–Trinajstić information content (AvgIpc) is 2.94. The van der Waals surface area contributed by atoms with Gasteiger partial charge in [-0.05, 0) is 19.4 Å². The molecule has 5 nitrogen and oxygen atoms in total. The summed E-state index contributed by atoms with van der Waals surface area (Å²) in [5.74, 6) is 0.919. The van der Waals surface area contributed by atoms with Crippen molar-refractivity contribution >= 4 is 6.03 Å². The van der Waals surface area contributed by atoms with Gasteiger partial charge in [0.1, 0.15) is 5.75 Å². The summed E-state index contributed by atoms with van der Waals surface area (Å²) in [7, 11) is 3.34. The first kappa shape index (κ1) is 14.7. The molecule has 0 bridgehead atoms. The molecular weight excluding hydrogens is 254 g/mol. The number of urea groups is 1. The van der Waals surface area contributed by atoms with E-state index in [-0.39, 0.29) is 18.1 Å². The van der Waals surface area contributed by atoms with Crippen molar-refractivity contribution in [3.05, 3.63) is 29.8 Å². The number of nitrogens with zero attached hydrogens (tertiary/aromatic N) is 1. The fourth-order valence-electron chi connectivity index (χ4n) is 2.72. The number of nitrogens with one attached hydrogen (secondary N) is 2. The highest BCUT2D eigenvalue weighted by Gasteiger charge is 2.28. The van der Waals surface area contributed by atoms with E-state index in [0.717, 1.165) is 25.3 Å². The Kier molecular flexibility index (Phi) is 4.84. The third-order valence-corrected chi connectivity index (χ3v) is 3.92. The smallest absolute Gasteiger partial charge is 0.314 e. The van der Waals surface area contributed by atoms with E-state index in [4.69, 9.17) is 4.74 Å². The van der Waals surface area contributed by atoms with Crippen LogP contribution in [0.25, 0.3) is 0 Å². The minimum absolute atomic E-state index is 0.109. The fraction of sp³-hybridized carbons (Fsp3) is 0.533. The molecule has 0 aliphatic carbocycles. The Morgan fingerprint density at radius 2 is 2.20 bits per heavy atom. The molecule has 0 spiro atoms. The van der Waals surface area contributed by atoms with Crippen molar-refractivity contribution in [3.63, 3.8) is 0 Å². The van der Waals surface area contributed by atoms with Crippen LogP contribution in [0.2, 0.25) is 0 Å². The number of para-hydroxylation sites is 1. The van der Waals surface area contributed by atoms with Crippen LogP contribution in [0.15, 0.2) is 24.3 Å². The zero-order chi connectivity index (χ0) is 14.5. The molecule has 2 N–H and O–H groups in total. The number of carbonyl (C=O) groups excluding carboxylic acids is 1. The summed E-state index contributed by atoms with van der Waals surface area (Å²) in [6.07, 6.45) is 0.979. The molecule has 0 radical (unpaired) electrons. The van der Waals surface area contributed by atoms with Crippen molar-refractivity contribution in [2.75, 3.05) is 27.2 Å². The first-order valence-electron chi connectivity index (χ1n) is 7.01. The quantitative estimate of drug-likeness (QED) is 0.881. The predicted octanol–water partition coefficient (Wildman–Crippen LogP) is 1.76. The van der Waals surface area contributed by atoms with Gasteiger partial charge in [-0.1, -0.05) is 18.2 Å². The van der Waals surface area contributed by atoms with Crippen LogP contribution in [-0.2, 0) is 0 Å². The van der Waals surface area contributed by atoms with Crippen LogP contribution in [0.4, 0.5) is 4.79 Å². The molecule has 2 unspecified atom stereocenters. The first-order valence-corrected chi connectivity index (χ1v) is 7.01. The number of carbonyl (C=O) groups is 1. The Morgan fingerprint density at radius 1 is 1.45 bits per heavy atom. The molecular formula is C15H23N3O2. The normalized spacial score (nSPS) is 20.4. The van der Waals surface area contributed by atoms with E-state index >= 15 is 0 Å². The van der Waals surface area contributed by atoms with Gasteiger partial charge in [0.05, 0.1) is 7.11 Å². The molecule has 1 heterocycles. The van der Waals surface area contributed by atoms with Gasteiger partial charge in [0.25, 0.3) is 0 Å². The number of amides is 2. The van der Waals surface area contributed by atoms with Crippen LogP contribution in [0, 0.1) is 0 Å². The Hall–Kier alpha value is -1.75. The van der Waals surface area contributed by atoms with Crippen molar-refractivity contribution in [3.8, 4) is 5.75 Å². The summed E-state index contributed by atoms with van der Waals surface area (Å²) in [6.45, 7) is 4.03. The van der Waals surface area contributed by atoms with E-state index in [0.29, 0.717) is 0 Å². The van der Waals surface area contributed by atoms with Crippen molar-refractivity contribution < 1.29 is 9.53 Å². The lowest BCUT2D eigenvalue weighted by Gasteiger charge is -2.26. The van der Waals surface area contributed by atoms with Crippen LogP contribution < -0.4 is 15.4 Å². The highest BCUT2D eigenvalue weighted by Crippen LogP contribution is 2.31. The number of ether oxygens (including phenoxy) is 1. The third kappa shape index (κ3) is 3.22. The number of methoxy groups -OCH3 is 1. The van der Waals surface area contributed by atoms with E-state index in [1.807, 2.05) is 18.2 Å².